The van der Waals surface area contributed by atoms with E-state index in [4.69, 9.17) is 4.74 Å². The molecule has 4 rings (SSSR count). The Labute approximate surface area is 147 Å². The van der Waals surface area contributed by atoms with Gasteiger partial charge in [-0.25, -0.2) is 4.79 Å². The van der Waals surface area contributed by atoms with Crippen LogP contribution in [-0.4, -0.2) is 17.7 Å². The normalized spacial score (nSPS) is 24.8. The van der Waals surface area contributed by atoms with Crippen LogP contribution in [0, 0.1) is 19.8 Å². The van der Waals surface area contributed by atoms with E-state index in [-0.39, 0.29) is 12.1 Å². The van der Waals surface area contributed by atoms with E-state index in [9.17, 15) is 9.90 Å². The number of carbonyl (C=O) groups is 1. The van der Waals surface area contributed by atoms with Crippen molar-refractivity contribution in [3.8, 4) is 0 Å². The Morgan fingerprint density at radius 1 is 1.16 bits per heavy atom. The molecule has 2 heterocycles. The summed E-state index contributed by atoms with van der Waals surface area (Å²) in [6.45, 7) is 4.91. The lowest BCUT2D eigenvalue weighted by atomic mass is 9.76. The molecule has 0 aromatic heterocycles. The van der Waals surface area contributed by atoms with Crippen LogP contribution in [0.2, 0.25) is 0 Å². The van der Waals surface area contributed by atoms with Crippen LogP contribution < -0.4 is 5.32 Å². The summed E-state index contributed by atoms with van der Waals surface area (Å²) >= 11 is 0. The predicted molar refractivity (Wildman–Crippen MR) is 97.1 cm³/mol. The fourth-order valence-corrected chi connectivity index (χ4v) is 4.26. The van der Waals surface area contributed by atoms with Gasteiger partial charge in [0.1, 0.15) is 0 Å². The molecule has 0 aliphatic carbocycles. The number of fused-ring (bicyclic) bond motifs is 3. The standard InChI is InChI=1S/C21H23NO3/c1-12-5-8-18-17(10-12)20-16(4-3-9-25-20)19(22-18)15-7-6-14(21(23)24)11-13(15)2/h5-8,10-11,16,19-20,22H,3-4,9H2,1-2H3,(H,23,24)/t16-,19-,20-/m1/s1. The van der Waals surface area contributed by atoms with Crippen LogP contribution in [0.5, 0.6) is 0 Å². The molecule has 130 valence electrons. The third-order valence-electron chi connectivity index (χ3n) is 5.47. The van der Waals surface area contributed by atoms with Crippen molar-refractivity contribution < 1.29 is 14.6 Å². The molecule has 0 radical (unpaired) electrons. The van der Waals surface area contributed by atoms with Crippen molar-refractivity contribution in [1.29, 1.82) is 0 Å². The van der Waals surface area contributed by atoms with Gasteiger partial charge in [0.05, 0.1) is 17.7 Å². The van der Waals surface area contributed by atoms with Crippen molar-refractivity contribution in [2.24, 2.45) is 5.92 Å². The van der Waals surface area contributed by atoms with Crippen LogP contribution in [0.1, 0.15) is 57.6 Å². The number of carboxylic acids is 1. The van der Waals surface area contributed by atoms with E-state index in [0.29, 0.717) is 11.5 Å². The van der Waals surface area contributed by atoms with Gasteiger partial charge in [-0.2, -0.15) is 0 Å². The van der Waals surface area contributed by atoms with Crippen molar-refractivity contribution in [1.82, 2.24) is 0 Å². The SMILES string of the molecule is Cc1ccc2c(c1)[C@@H]1OCCC[C@@H]1[C@@H](c1ccc(C(=O)O)cc1C)N2. The first-order chi connectivity index (χ1) is 12.0. The zero-order valence-electron chi connectivity index (χ0n) is 14.6. The highest BCUT2D eigenvalue weighted by atomic mass is 16.5. The Morgan fingerprint density at radius 3 is 2.76 bits per heavy atom. The Balaban J connectivity index is 1.77. The highest BCUT2D eigenvalue weighted by Crippen LogP contribution is 2.49. The number of hydrogen-bond acceptors (Lipinski definition) is 3. The van der Waals surface area contributed by atoms with Crippen LogP contribution in [-0.2, 0) is 4.74 Å². The predicted octanol–water partition coefficient (Wildman–Crippen LogP) is 4.64. The van der Waals surface area contributed by atoms with Crippen molar-refractivity contribution in [2.75, 3.05) is 11.9 Å². The number of benzene rings is 2. The molecule has 4 nitrogen and oxygen atoms in total. The molecule has 2 N–H and O–H groups in total. The minimum absolute atomic E-state index is 0.105. The topological polar surface area (TPSA) is 58.6 Å². The molecular formula is C21H23NO3. The maximum Gasteiger partial charge on any atom is 0.335 e. The second-order valence-corrected chi connectivity index (χ2v) is 7.19. The van der Waals surface area contributed by atoms with Gasteiger partial charge in [-0.15, -0.1) is 0 Å². The molecule has 0 spiro atoms. The van der Waals surface area contributed by atoms with Crippen molar-refractivity contribution in [3.05, 3.63) is 64.2 Å². The third-order valence-corrected chi connectivity index (χ3v) is 5.47. The van der Waals surface area contributed by atoms with Gasteiger partial charge < -0.3 is 15.2 Å². The molecule has 0 amide bonds. The zero-order chi connectivity index (χ0) is 17.6. The molecule has 0 unspecified atom stereocenters. The smallest absolute Gasteiger partial charge is 0.335 e. The lowest BCUT2D eigenvalue weighted by Crippen LogP contribution is -2.36. The summed E-state index contributed by atoms with van der Waals surface area (Å²) in [5, 5.41) is 12.9. The number of aryl methyl sites for hydroxylation is 2. The zero-order valence-corrected chi connectivity index (χ0v) is 14.6. The Bertz CT molecular complexity index is 830. The van der Waals surface area contributed by atoms with Gasteiger partial charge in [-0.1, -0.05) is 23.8 Å². The molecule has 0 bridgehead atoms. The van der Waals surface area contributed by atoms with Gasteiger partial charge in [0.2, 0.25) is 0 Å². The molecule has 0 saturated carbocycles. The number of carboxylic acid groups (broad SMARTS) is 1. The molecule has 2 aromatic rings. The summed E-state index contributed by atoms with van der Waals surface area (Å²) in [4.78, 5) is 11.2. The molecule has 2 aliphatic heterocycles. The summed E-state index contributed by atoms with van der Waals surface area (Å²) in [5.74, 6) is -0.525. The van der Waals surface area contributed by atoms with Gasteiger partial charge in [0.15, 0.2) is 0 Å². The summed E-state index contributed by atoms with van der Waals surface area (Å²) in [7, 11) is 0. The largest absolute Gasteiger partial charge is 0.478 e. The van der Waals surface area contributed by atoms with Crippen LogP contribution in [0.4, 0.5) is 5.69 Å². The van der Waals surface area contributed by atoms with E-state index in [1.807, 2.05) is 13.0 Å². The van der Waals surface area contributed by atoms with Gasteiger partial charge in [-0.05, 0) is 56.0 Å². The average molecular weight is 337 g/mol. The van der Waals surface area contributed by atoms with Crippen molar-refractivity contribution >= 4 is 11.7 Å². The second-order valence-electron chi connectivity index (χ2n) is 7.19. The lowest BCUT2D eigenvalue weighted by Gasteiger charge is -2.44. The molecule has 4 heteroatoms. The van der Waals surface area contributed by atoms with Gasteiger partial charge in [0.25, 0.3) is 0 Å². The molecule has 2 aromatic carbocycles. The first-order valence-corrected chi connectivity index (χ1v) is 8.87. The molecule has 25 heavy (non-hydrogen) atoms. The fourth-order valence-electron chi connectivity index (χ4n) is 4.26. The third kappa shape index (κ3) is 2.81. The van der Waals surface area contributed by atoms with E-state index >= 15 is 0 Å². The number of rotatable bonds is 2. The second kappa shape index (κ2) is 6.19. The first kappa shape index (κ1) is 16.2. The van der Waals surface area contributed by atoms with Crippen molar-refractivity contribution in [2.45, 2.75) is 38.8 Å². The minimum Gasteiger partial charge on any atom is -0.478 e. The Hall–Kier alpha value is -2.33. The monoisotopic (exact) mass is 337 g/mol. The molecule has 2 aliphatic rings. The highest BCUT2D eigenvalue weighted by molar-refractivity contribution is 5.88. The minimum atomic E-state index is -0.883. The summed E-state index contributed by atoms with van der Waals surface area (Å²) in [6.07, 6.45) is 2.27. The molecule has 1 fully saturated rings. The maximum absolute atomic E-state index is 11.2. The molecular weight excluding hydrogens is 314 g/mol. The van der Waals surface area contributed by atoms with E-state index in [1.165, 1.54) is 11.1 Å². The van der Waals surface area contributed by atoms with Gasteiger partial charge >= 0.3 is 5.97 Å². The first-order valence-electron chi connectivity index (χ1n) is 8.87. The molecule has 3 atom stereocenters. The van der Waals surface area contributed by atoms with Gasteiger partial charge in [-0.3, -0.25) is 0 Å². The summed E-state index contributed by atoms with van der Waals surface area (Å²) in [6, 6.07) is 12.0. The van der Waals surface area contributed by atoms with Crippen LogP contribution >= 0.6 is 0 Å². The highest BCUT2D eigenvalue weighted by Gasteiger charge is 2.40. The van der Waals surface area contributed by atoms with E-state index in [2.05, 4.69) is 30.4 Å². The lowest BCUT2D eigenvalue weighted by molar-refractivity contribution is -0.0382. The Morgan fingerprint density at radius 2 is 2.00 bits per heavy atom. The quantitative estimate of drug-likeness (QED) is 0.838. The van der Waals surface area contributed by atoms with Crippen LogP contribution in [0.25, 0.3) is 0 Å². The van der Waals surface area contributed by atoms with E-state index < -0.39 is 5.97 Å². The Kier molecular flexibility index (Phi) is 4.00. The maximum atomic E-state index is 11.2. The average Bonchev–Trinajstić information content (AvgIpc) is 2.61. The van der Waals surface area contributed by atoms with Crippen LogP contribution in [0.15, 0.2) is 36.4 Å². The van der Waals surface area contributed by atoms with E-state index in [0.717, 1.165) is 36.3 Å². The van der Waals surface area contributed by atoms with Gasteiger partial charge in [0, 0.05) is 23.8 Å². The number of aromatic carboxylic acids is 1. The van der Waals surface area contributed by atoms with E-state index in [1.54, 1.807) is 12.1 Å². The number of ether oxygens (including phenoxy) is 1. The number of nitrogens with one attached hydrogen (secondary N) is 1. The number of anilines is 1. The summed E-state index contributed by atoms with van der Waals surface area (Å²) in [5.41, 5.74) is 6.13. The van der Waals surface area contributed by atoms with Crippen LogP contribution in [0.3, 0.4) is 0 Å². The summed E-state index contributed by atoms with van der Waals surface area (Å²) < 4.78 is 6.18. The molecule has 1 saturated heterocycles. The van der Waals surface area contributed by atoms with Crippen molar-refractivity contribution in [3.63, 3.8) is 0 Å². The number of hydrogen-bond donors (Lipinski definition) is 2. The fraction of sp³-hybridized carbons (Fsp3) is 0.381.